The van der Waals surface area contributed by atoms with Crippen LogP contribution in [0.1, 0.15) is 0 Å². The molecule has 0 unspecified atom stereocenters. The van der Waals surface area contributed by atoms with Crippen LogP contribution >= 0.6 is 28.0 Å². The van der Waals surface area contributed by atoms with E-state index in [4.69, 9.17) is 7.65 Å². The Bertz CT molecular complexity index is 1890. The first kappa shape index (κ1) is 18.9. The van der Waals surface area contributed by atoms with Gasteiger partial charge >= 0.3 is 215 Å². The molecule has 35 heavy (non-hydrogen) atoms. The predicted molar refractivity (Wildman–Crippen MR) is 159 cm³/mol. The van der Waals surface area contributed by atoms with Gasteiger partial charge in [-0.25, -0.2) is 0 Å². The molecule has 4 saturated heterocycles. The Morgan fingerprint density at radius 1 is 0.886 bits per heavy atom. The van der Waals surface area contributed by atoms with E-state index in [1.807, 2.05) is 6.07 Å². The molecular formula is C24H13B5FIN2OP-. The van der Waals surface area contributed by atoms with Crippen molar-refractivity contribution in [3.63, 3.8) is 0 Å². The molecule has 4 fully saturated rings. The molecule has 4 aromatic carbocycles. The SMILES string of the molecule is FI=NP12(c3ccc4c(c3)c3cccc5c3n4-c3cccc4c3B5c3ccccc3O4)B3[B-]B1B32. The molecule has 11 rings (SSSR count). The number of aromatic nitrogens is 1. The zero-order valence-corrected chi connectivity index (χ0v) is 21.5. The fraction of sp³-hybridized carbons (Fsp3) is 0. The maximum atomic E-state index is 13.7. The van der Waals surface area contributed by atoms with Crippen LogP contribution in [-0.4, -0.2) is 37.0 Å². The topological polar surface area (TPSA) is 26.5 Å². The fourth-order valence-electron chi connectivity index (χ4n) is 8.03. The average molecular weight is 576 g/mol. The summed E-state index contributed by atoms with van der Waals surface area (Å²) in [6, 6.07) is 28.6. The molecule has 0 saturated carbocycles. The van der Waals surface area contributed by atoms with Crippen LogP contribution in [0.25, 0.3) is 27.5 Å². The van der Waals surface area contributed by atoms with Gasteiger partial charge in [0.05, 0.1) is 0 Å². The van der Waals surface area contributed by atoms with Crippen LogP contribution in [0, 0.1) is 0 Å². The van der Waals surface area contributed by atoms with Gasteiger partial charge in [0.1, 0.15) is 0 Å². The van der Waals surface area contributed by atoms with Crippen molar-refractivity contribution in [1.82, 2.24) is 4.57 Å². The van der Waals surface area contributed by atoms with Crippen molar-refractivity contribution in [2.24, 2.45) is 2.92 Å². The van der Waals surface area contributed by atoms with Crippen molar-refractivity contribution >= 4 is 104 Å². The Hall–Kier alpha value is -2.31. The van der Waals surface area contributed by atoms with Crippen molar-refractivity contribution in [2.45, 2.75) is 0 Å². The molecule has 0 aliphatic carbocycles. The molecule has 160 valence electrons. The Morgan fingerprint density at radius 2 is 1.69 bits per heavy atom. The molecule has 3 nitrogen and oxygen atoms in total. The molecule has 7 heterocycles. The third-order valence-corrected chi connectivity index (χ3v) is 19.6. The van der Waals surface area contributed by atoms with Gasteiger partial charge in [0.2, 0.25) is 0 Å². The van der Waals surface area contributed by atoms with E-state index < -0.39 is 28.0 Å². The third-order valence-electron chi connectivity index (χ3n) is 9.69. The monoisotopic (exact) mass is 577 g/mol. The van der Waals surface area contributed by atoms with E-state index in [2.05, 4.69) is 84.4 Å². The fourth-order valence-corrected chi connectivity index (χ4v) is 19.6. The number of hydrogen-bond acceptors (Lipinski definition) is 2. The number of nitrogens with zero attached hydrogens (tertiary/aromatic N) is 2. The summed E-state index contributed by atoms with van der Waals surface area (Å²) in [7, 11) is 2.43. The molecule has 5 aromatic rings. The van der Waals surface area contributed by atoms with Crippen LogP contribution in [0.2, 0.25) is 0 Å². The van der Waals surface area contributed by atoms with Crippen molar-refractivity contribution in [3.05, 3.63) is 78.9 Å². The first-order valence-electron chi connectivity index (χ1n) is 12.1. The number of para-hydroxylation sites is 2. The molecule has 0 N–H and O–H groups in total. The number of fused-ring (bicyclic) bond motifs is 7. The van der Waals surface area contributed by atoms with E-state index in [1.165, 1.54) is 49.2 Å². The van der Waals surface area contributed by atoms with Crippen LogP contribution in [0.5, 0.6) is 11.5 Å². The summed E-state index contributed by atoms with van der Waals surface area (Å²) in [4.78, 5) is 0. The number of ether oxygens (including phenoxy) is 1. The van der Waals surface area contributed by atoms with E-state index in [9.17, 15) is 2.86 Å². The van der Waals surface area contributed by atoms with Gasteiger partial charge in [-0.05, 0) is 0 Å². The Kier molecular flexibility index (Phi) is 3.05. The van der Waals surface area contributed by atoms with Gasteiger partial charge in [-0.2, -0.15) is 0 Å². The van der Waals surface area contributed by atoms with Gasteiger partial charge in [-0.3, -0.25) is 0 Å². The van der Waals surface area contributed by atoms with Crippen LogP contribution in [0.4, 0.5) is 2.86 Å². The second-order valence-corrected chi connectivity index (χ2v) is 17.3. The Labute approximate surface area is 214 Å². The molecule has 6 aliphatic rings. The minimum absolute atomic E-state index is 0.148. The maximum absolute atomic E-state index is 13.7. The van der Waals surface area contributed by atoms with E-state index in [1.54, 1.807) is 0 Å². The van der Waals surface area contributed by atoms with Gasteiger partial charge < -0.3 is 0 Å². The summed E-state index contributed by atoms with van der Waals surface area (Å²) >= 11 is -1.54. The first-order valence-corrected chi connectivity index (χ1v) is 16.3. The van der Waals surface area contributed by atoms with E-state index in [-0.39, 0.29) is 6.71 Å². The van der Waals surface area contributed by atoms with Gasteiger partial charge in [0.15, 0.2) is 0 Å². The molecule has 2 bridgehead atoms. The molecule has 0 spiro atoms. The van der Waals surface area contributed by atoms with Crippen LogP contribution in [0.3, 0.4) is 0 Å². The van der Waals surface area contributed by atoms with Crippen molar-refractivity contribution < 1.29 is 7.60 Å². The van der Waals surface area contributed by atoms with Gasteiger partial charge in [0.25, 0.3) is 0 Å². The number of hydrogen-bond donors (Lipinski definition) is 0. The molecule has 2 radical (unpaired) electrons. The van der Waals surface area contributed by atoms with Crippen LogP contribution in [-0.2, 0) is 0 Å². The second-order valence-electron chi connectivity index (χ2n) is 10.6. The quantitative estimate of drug-likeness (QED) is 0.175. The zero-order chi connectivity index (χ0) is 22.7. The van der Waals surface area contributed by atoms with E-state index in [0.29, 0.717) is 18.6 Å². The molecular weight excluding hydrogens is 563 g/mol. The van der Waals surface area contributed by atoms with Crippen molar-refractivity contribution in [2.75, 3.05) is 0 Å². The van der Waals surface area contributed by atoms with E-state index in [0.717, 1.165) is 11.5 Å². The van der Waals surface area contributed by atoms with Gasteiger partial charge in [-0.1, -0.05) is 0 Å². The minimum atomic E-state index is -2.29. The Morgan fingerprint density at radius 3 is 2.51 bits per heavy atom. The summed E-state index contributed by atoms with van der Waals surface area (Å²) in [5, 5.41) is 3.91. The number of benzene rings is 4. The number of halogens is 2. The standard InChI is InChI=1S/C24H13B5FIN2OP/c30-31-32-35(27-25-28(35)29(27)35)14-11-12-19-16(13-14)15-5-3-7-18-24(15)33(19)20-8-4-10-22-23(20)26(18)17-6-1-2-9-21(17)34-22/h1-13H/q-1. The average Bonchev–Trinajstić information content (AvgIpc) is 3.47. The third kappa shape index (κ3) is 1.74. The normalized spacial score (nSPS) is 21.3. The molecule has 0 atom stereocenters. The predicted octanol–water partition coefficient (Wildman–Crippen LogP) is 3.72. The number of rotatable bonds is 2. The summed E-state index contributed by atoms with van der Waals surface area (Å²) in [5.74, 6) is 1.88. The summed E-state index contributed by atoms with van der Waals surface area (Å²) < 4.78 is 27.4. The van der Waals surface area contributed by atoms with Gasteiger partial charge in [0, 0.05) is 0 Å². The van der Waals surface area contributed by atoms with Crippen molar-refractivity contribution in [3.8, 4) is 17.2 Å². The van der Waals surface area contributed by atoms with Crippen LogP contribution in [0.15, 0.2) is 81.8 Å². The zero-order valence-electron chi connectivity index (χ0n) is 18.4. The second kappa shape index (κ2) is 5.65. The summed E-state index contributed by atoms with van der Waals surface area (Å²) in [6.07, 6.45) is -0.419. The molecule has 0 amide bonds. The first-order chi connectivity index (χ1) is 17.3. The molecule has 6 aliphatic heterocycles. The van der Waals surface area contributed by atoms with Crippen molar-refractivity contribution in [1.29, 1.82) is 0 Å². The summed E-state index contributed by atoms with van der Waals surface area (Å²) in [5.41, 5.74) is 7.49. The molecule has 1 aromatic heterocycles. The van der Waals surface area contributed by atoms with Crippen LogP contribution < -0.4 is 26.4 Å². The Balaban J connectivity index is 1.33. The molecule has 11 heteroatoms. The van der Waals surface area contributed by atoms with E-state index >= 15 is 0 Å². The van der Waals surface area contributed by atoms with Gasteiger partial charge in [-0.15, -0.1) is 0 Å². The summed E-state index contributed by atoms with van der Waals surface area (Å²) in [6.45, 7) is 0.148.